The minimum Gasteiger partial charge on any atom is -0.495 e. The fourth-order valence-electron chi connectivity index (χ4n) is 3.25. The predicted octanol–water partition coefficient (Wildman–Crippen LogP) is 1.41. The maximum Gasteiger partial charge on any atom is 0.246 e. The van der Waals surface area contributed by atoms with Crippen molar-refractivity contribution < 1.29 is 31.0 Å². The smallest absolute Gasteiger partial charge is 0.246 e. The van der Waals surface area contributed by atoms with Crippen LogP contribution in [0.1, 0.15) is 0 Å². The molecule has 0 unspecified atom stereocenters. The van der Waals surface area contributed by atoms with Crippen molar-refractivity contribution in [2.45, 2.75) is 9.79 Å². The number of para-hydroxylation sites is 1. The Kier molecular flexibility index (Phi) is 6.56. The van der Waals surface area contributed by atoms with Crippen molar-refractivity contribution in [3.05, 3.63) is 42.5 Å². The molecule has 11 heteroatoms. The first-order chi connectivity index (χ1) is 14.2. The van der Waals surface area contributed by atoms with E-state index in [1.807, 2.05) is 0 Å². The molecule has 0 saturated carbocycles. The van der Waals surface area contributed by atoms with Crippen LogP contribution in [0.3, 0.4) is 0 Å². The first-order valence-corrected chi connectivity index (χ1v) is 12.0. The third kappa shape index (κ3) is 4.10. The molecule has 0 spiro atoms. The molecule has 1 heterocycles. The van der Waals surface area contributed by atoms with Crippen LogP contribution in [0, 0.1) is 0 Å². The quantitative estimate of drug-likeness (QED) is 0.621. The van der Waals surface area contributed by atoms with Crippen LogP contribution < -0.4 is 14.2 Å². The maximum atomic E-state index is 13.0. The van der Waals surface area contributed by atoms with Crippen molar-refractivity contribution in [1.82, 2.24) is 8.61 Å². The van der Waals surface area contributed by atoms with Gasteiger partial charge in [-0.15, -0.1) is 0 Å². The number of sulfonamides is 2. The minimum absolute atomic E-state index is 0.0328. The zero-order chi connectivity index (χ0) is 21.9. The molecule has 0 aromatic heterocycles. The summed E-state index contributed by atoms with van der Waals surface area (Å²) in [6.45, 7) is 0.135. The van der Waals surface area contributed by atoms with Crippen LogP contribution in [0.5, 0.6) is 17.2 Å². The van der Waals surface area contributed by atoms with Gasteiger partial charge in [0.05, 0.1) is 26.2 Å². The van der Waals surface area contributed by atoms with E-state index in [-0.39, 0.29) is 41.7 Å². The molecule has 1 fully saturated rings. The Balaban J connectivity index is 1.79. The summed E-state index contributed by atoms with van der Waals surface area (Å²) in [5, 5.41) is 0. The van der Waals surface area contributed by atoms with E-state index in [4.69, 9.17) is 14.2 Å². The van der Waals surface area contributed by atoms with E-state index in [2.05, 4.69) is 0 Å². The minimum atomic E-state index is -3.81. The molecule has 0 amide bonds. The fourth-order valence-corrected chi connectivity index (χ4v) is 6.26. The van der Waals surface area contributed by atoms with E-state index in [0.717, 1.165) is 0 Å². The highest BCUT2D eigenvalue weighted by atomic mass is 32.2. The van der Waals surface area contributed by atoms with Crippen molar-refractivity contribution in [1.29, 1.82) is 0 Å². The monoisotopic (exact) mass is 456 g/mol. The van der Waals surface area contributed by atoms with Crippen LogP contribution in [0.25, 0.3) is 0 Å². The topological polar surface area (TPSA) is 102 Å². The van der Waals surface area contributed by atoms with Gasteiger partial charge in [0, 0.05) is 32.2 Å². The van der Waals surface area contributed by atoms with Crippen LogP contribution in [0.4, 0.5) is 0 Å². The summed E-state index contributed by atoms with van der Waals surface area (Å²) in [7, 11) is -3.33. The zero-order valence-corrected chi connectivity index (χ0v) is 18.6. The van der Waals surface area contributed by atoms with Gasteiger partial charge < -0.3 is 14.2 Å². The Morgan fingerprint density at radius 1 is 0.667 bits per heavy atom. The molecule has 30 heavy (non-hydrogen) atoms. The number of nitrogens with zero attached hydrogens (tertiary/aromatic N) is 2. The van der Waals surface area contributed by atoms with Gasteiger partial charge in [-0.05, 0) is 24.3 Å². The second kappa shape index (κ2) is 8.80. The standard InChI is InChI=1S/C19H24N2O7S2/c1-26-16-9-8-15(14-18(16)28-3)29(22,23)20-10-12-21(13-11-20)30(24,25)19-7-5-4-6-17(19)27-2/h4-9,14H,10-13H2,1-3H3. The molecule has 1 aliphatic rings. The number of methoxy groups -OCH3 is 3. The molecule has 1 aliphatic heterocycles. The summed E-state index contributed by atoms with van der Waals surface area (Å²) < 4.78 is 70.1. The summed E-state index contributed by atoms with van der Waals surface area (Å²) in [6.07, 6.45) is 0. The largest absolute Gasteiger partial charge is 0.495 e. The molecule has 0 atom stereocenters. The lowest BCUT2D eigenvalue weighted by Crippen LogP contribution is -2.50. The van der Waals surface area contributed by atoms with E-state index < -0.39 is 20.0 Å². The number of ether oxygens (including phenoxy) is 3. The van der Waals surface area contributed by atoms with Gasteiger partial charge in [0.15, 0.2) is 11.5 Å². The first kappa shape index (κ1) is 22.3. The molecule has 1 saturated heterocycles. The van der Waals surface area contributed by atoms with Gasteiger partial charge in [0.25, 0.3) is 0 Å². The highest BCUT2D eigenvalue weighted by molar-refractivity contribution is 7.89. The lowest BCUT2D eigenvalue weighted by molar-refractivity contribution is 0.272. The number of piperazine rings is 1. The van der Waals surface area contributed by atoms with Crippen molar-refractivity contribution >= 4 is 20.0 Å². The van der Waals surface area contributed by atoms with Gasteiger partial charge >= 0.3 is 0 Å². The Bertz CT molecular complexity index is 1110. The molecule has 2 aromatic rings. The fraction of sp³-hybridized carbons (Fsp3) is 0.368. The maximum absolute atomic E-state index is 13.0. The third-order valence-corrected chi connectivity index (χ3v) is 8.71. The zero-order valence-electron chi connectivity index (χ0n) is 16.9. The van der Waals surface area contributed by atoms with Crippen molar-refractivity contribution in [2.24, 2.45) is 0 Å². The Hall–Kier alpha value is -2.34. The van der Waals surface area contributed by atoms with E-state index in [1.54, 1.807) is 18.2 Å². The molecule has 3 rings (SSSR count). The summed E-state index contributed by atoms with van der Waals surface area (Å²) in [6, 6.07) is 10.7. The molecule has 9 nitrogen and oxygen atoms in total. The number of rotatable bonds is 7. The average molecular weight is 457 g/mol. The summed E-state index contributed by atoms with van der Waals surface area (Å²) in [5.74, 6) is 0.970. The van der Waals surface area contributed by atoms with Gasteiger partial charge in [-0.25, -0.2) is 16.8 Å². The van der Waals surface area contributed by atoms with E-state index in [1.165, 1.54) is 54.2 Å². The first-order valence-electron chi connectivity index (χ1n) is 9.11. The molecule has 0 aliphatic carbocycles. The van der Waals surface area contributed by atoms with E-state index in [9.17, 15) is 16.8 Å². The summed E-state index contributed by atoms with van der Waals surface area (Å²) >= 11 is 0. The van der Waals surface area contributed by atoms with Crippen molar-refractivity contribution in [3.8, 4) is 17.2 Å². The van der Waals surface area contributed by atoms with Gasteiger partial charge in [0.2, 0.25) is 20.0 Å². The number of benzene rings is 2. The molecule has 164 valence electrons. The molecular formula is C19H24N2O7S2. The van der Waals surface area contributed by atoms with Crippen molar-refractivity contribution in [2.75, 3.05) is 47.5 Å². The highest BCUT2D eigenvalue weighted by Crippen LogP contribution is 2.32. The number of hydrogen-bond acceptors (Lipinski definition) is 7. The van der Waals surface area contributed by atoms with E-state index >= 15 is 0 Å². The van der Waals surface area contributed by atoms with Crippen LogP contribution in [0.15, 0.2) is 52.3 Å². The van der Waals surface area contributed by atoms with E-state index in [0.29, 0.717) is 11.5 Å². The van der Waals surface area contributed by atoms with Gasteiger partial charge in [0.1, 0.15) is 10.6 Å². The molecule has 0 radical (unpaired) electrons. The highest BCUT2D eigenvalue weighted by Gasteiger charge is 2.35. The third-order valence-electron chi connectivity index (χ3n) is 4.88. The number of hydrogen-bond donors (Lipinski definition) is 0. The Morgan fingerprint density at radius 2 is 1.20 bits per heavy atom. The second-order valence-corrected chi connectivity index (χ2v) is 10.3. The molecular weight excluding hydrogens is 432 g/mol. The molecule has 2 aromatic carbocycles. The summed E-state index contributed by atoms with van der Waals surface area (Å²) in [5.41, 5.74) is 0. The lowest BCUT2D eigenvalue weighted by Gasteiger charge is -2.33. The molecule has 0 N–H and O–H groups in total. The van der Waals surface area contributed by atoms with Crippen LogP contribution >= 0.6 is 0 Å². The SMILES string of the molecule is COc1ccc(S(=O)(=O)N2CCN(S(=O)(=O)c3ccccc3OC)CC2)cc1OC. The normalized spacial score (nSPS) is 16.2. The van der Waals surface area contributed by atoms with Crippen molar-refractivity contribution in [3.63, 3.8) is 0 Å². The second-order valence-electron chi connectivity index (χ2n) is 6.48. The predicted molar refractivity (Wildman–Crippen MR) is 110 cm³/mol. The average Bonchev–Trinajstić information content (AvgIpc) is 2.78. The van der Waals surface area contributed by atoms with Crippen LogP contribution in [-0.4, -0.2) is 73.0 Å². The van der Waals surface area contributed by atoms with Gasteiger partial charge in [-0.2, -0.15) is 8.61 Å². The summed E-state index contributed by atoms with van der Waals surface area (Å²) in [4.78, 5) is 0.116. The Labute approximate surface area is 176 Å². The van der Waals surface area contributed by atoms with Gasteiger partial charge in [-0.3, -0.25) is 0 Å². The van der Waals surface area contributed by atoms with Gasteiger partial charge in [-0.1, -0.05) is 12.1 Å². The Morgan fingerprint density at radius 3 is 1.77 bits per heavy atom. The van der Waals surface area contributed by atoms with Crippen LogP contribution in [0.2, 0.25) is 0 Å². The molecule has 0 bridgehead atoms. The van der Waals surface area contributed by atoms with Crippen LogP contribution in [-0.2, 0) is 20.0 Å². The lowest BCUT2D eigenvalue weighted by atomic mass is 10.3.